The van der Waals surface area contributed by atoms with E-state index in [9.17, 15) is 19.5 Å². The molecule has 276 valence electrons. The monoisotopic (exact) mass is 706 g/mol. The number of hydrogen-bond acceptors (Lipinski definition) is 5. The minimum Gasteiger partial charge on any atom is -0.478 e. The maximum absolute atomic E-state index is 13.6. The number of allylic oxidation sites excluding steroid dienone is 2. The molecule has 3 aromatic heterocycles. The number of hydrogen-bond donors (Lipinski definition) is 5. The highest BCUT2D eigenvalue weighted by atomic mass is 16.4. The molecule has 0 saturated heterocycles. The van der Waals surface area contributed by atoms with Crippen LogP contribution in [-0.2, 0) is 16.0 Å². The van der Waals surface area contributed by atoms with Crippen LogP contribution in [0.3, 0.4) is 0 Å². The largest absolute Gasteiger partial charge is 0.478 e. The fourth-order valence-electron chi connectivity index (χ4n) is 7.50. The Hall–Kier alpha value is -4.99. The maximum Gasteiger partial charge on any atom is 0.338 e. The smallest absolute Gasteiger partial charge is 0.338 e. The lowest BCUT2D eigenvalue weighted by molar-refractivity contribution is -0.121. The molecule has 5 rings (SSSR count). The Morgan fingerprint density at radius 2 is 1.54 bits per heavy atom. The van der Waals surface area contributed by atoms with Crippen LogP contribution in [0.25, 0.3) is 39.3 Å². The zero-order valence-electron chi connectivity index (χ0n) is 31.8. The standard InChI is InChI=1S/C42H54N6O4/c1-9-13-17-43-37(49)16-15-29-25(7)33-20-31-23(5)27(11-3)35(45-31)21-32-24(6)28(12-4)36(46-32)22-34-26(8)39(42(51)52)41(48-34)30(40(29)47-33)19-38(50)44-18-14-10-2/h11,20-22,25,29,45,48H,3,9-10,12-19H2,1-2,4-8H3,(H,43,49)(H,44,50)(H,51,52). The number of aromatic carboxylic acids is 1. The van der Waals surface area contributed by atoms with E-state index in [-0.39, 0.29) is 42.1 Å². The topological polar surface area (TPSA) is 153 Å². The van der Waals surface area contributed by atoms with E-state index in [0.717, 1.165) is 82.5 Å². The summed E-state index contributed by atoms with van der Waals surface area (Å²) in [6.07, 6.45) is 6.94. The summed E-state index contributed by atoms with van der Waals surface area (Å²) in [5.74, 6) is -1.71. The van der Waals surface area contributed by atoms with Crippen molar-refractivity contribution in [2.45, 2.75) is 112 Å². The fraction of sp³-hybridized carbons (Fsp3) is 0.452. The average Bonchev–Trinajstić information content (AvgIpc) is 3.79. The van der Waals surface area contributed by atoms with Gasteiger partial charge in [0.15, 0.2) is 0 Å². The Morgan fingerprint density at radius 3 is 2.17 bits per heavy atom. The second-order valence-electron chi connectivity index (χ2n) is 14.1. The summed E-state index contributed by atoms with van der Waals surface area (Å²) in [7, 11) is 0. The third-order valence-electron chi connectivity index (χ3n) is 10.7. The van der Waals surface area contributed by atoms with Gasteiger partial charge >= 0.3 is 5.97 Å². The van der Waals surface area contributed by atoms with Gasteiger partial charge in [0.2, 0.25) is 11.8 Å². The van der Waals surface area contributed by atoms with Crippen molar-refractivity contribution in [1.29, 1.82) is 0 Å². The molecule has 5 N–H and O–H groups in total. The minimum atomic E-state index is -1.10. The predicted molar refractivity (Wildman–Crippen MR) is 210 cm³/mol. The second-order valence-corrected chi connectivity index (χ2v) is 14.1. The maximum atomic E-state index is 13.6. The number of nitrogens with zero attached hydrogens (tertiary/aromatic N) is 2. The number of carboxylic acids is 1. The van der Waals surface area contributed by atoms with Crippen molar-refractivity contribution in [3.8, 4) is 0 Å². The first kappa shape index (κ1) is 38.2. The van der Waals surface area contributed by atoms with Gasteiger partial charge < -0.3 is 25.7 Å². The Morgan fingerprint density at radius 1 is 0.885 bits per heavy atom. The van der Waals surface area contributed by atoms with Crippen LogP contribution in [0.15, 0.2) is 24.8 Å². The van der Waals surface area contributed by atoms with E-state index in [1.54, 1.807) is 6.92 Å². The summed E-state index contributed by atoms with van der Waals surface area (Å²) >= 11 is 0. The van der Waals surface area contributed by atoms with Crippen molar-refractivity contribution in [2.75, 3.05) is 13.1 Å². The molecule has 2 unspecified atom stereocenters. The van der Waals surface area contributed by atoms with Crippen LogP contribution in [-0.4, -0.2) is 55.9 Å². The summed E-state index contributed by atoms with van der Waals surface area (Å²) in [5.41, 5.74) is 11.0. The van der Waals surface area contributed by atoms with Crippen molar-refractivity contribution in [2.24, 2.45) is 0 Å². The van der Waals surface area contributed by atoms with Gasteiger partial charge in [-0.3, -0.25) is 14.6 Å². The molecule has 0 aromatic carbocycles. The number of unbranched alkanes of at least 4 members (excludes halogenated alkanes) is 2. The van der Waals surface area contributed by atoms with Crippen LogP contribution in [0.1, 0.15) is 147 Å². The van der Waals surface area contributed by atoms with Crippen molar-refractivity contribution in [3.63, 3.8) is 0 Å². The van der Waals surface area contributed by atoms with Crippen LogP contribution >= 0.6 is 0 Å². The van der Waals surface area contributed by atoms with E-state index in [4.69, 9.17) is 9.97 Å². The number of nitrogens with one attached hydrogen (secondary N) is 4. The van der Waals surface area contributed by atoms with E-state index in [1.807, 2.05) is 18.2 Å². The summed E-state index contributed by atoms with van der Waals surface area (Å²) in [6.45, 7) is 19.5. The number of aromatic amines is 2. The minimum absolute atomic E-state index is 0.0343. The fourth-order valence-corrected chi connectivity index (χ4v) is 7.50. The van der Waals surface area contributed by atoms with Gasteiger partial charge in [-0.05, 0) is 86.9 Å². The van der Waals surface area contributed by atoms with Crippen LogP contribution in [0.4, 0.5) is 0 Å². The molecule has 10 nitrogen and oxygen atoms in total. The molecule has 52 heavy (non-hydrogen) atoms. The van der Waals surface area contributed by atoms with Gasteiger partial charge in [-0.15, -0.1) is 0 Å². The second kappa shape index (κ2) is 16.6. The predicted octanol–water partition coefficient (Wildman–Crippen LogP) is 8.66. The molecule has 0 aliphatic carbocycles. The number of carboxylic acid groups (broad SMARTS) is 1. The first-order valence-corrected chi connectivity index (χ1v) is 18.8. The zero-order chi connectivity index (χ0) is 37.7. The van der Waals surface area contributed by atoms with Crippen LogP contribution in [0.2, 0.25) is 0 Å². The molecule has 0 fully saturated rings. The van der Waals surface area contributed by atoms with E-state index >= 15 is 0 Å². The van der Waals surface area contributed by atoms with Crippen molar-refractivity contribution in [1.82, 2.24) is 30.6 Å². The van der Waals surface area contributed by atoms with Crippen LogP contribution < -0.4 is 10.6 Å². The lowest BCUT2D eigenvalue weighted by Crippen LogP contribution is -2.27. The number of carbonyl (C=O) groups is 3. The van der Waals surface area contributed by atoms with E-state index < -0.39 is 5.97 Å². The molecule has 0 radical (unpaired) electrons. The van der Waals surface area contributed by atoms with Crippen molar-refractivity contribution in [3.05, 3.63) is 75.4 Å². The highest BCUT2D eigenvalue weighted by Gasteiger charge is 2.33. The summed E-state index contributed by atoms with van der Waals surface area (Å²) < 4.78 is 0. The summed E-state index contributed by atoms with van der Waals surface area (Å²) in [5, 5.41) is 16.8. The molecule has 0 saturated carbocycles. The van der Waals surface area contributed by atoms with Crippen molar-refractivity contribution >= 4 is 57.1 Å². The lowest BCUT2D eigenvalue weighted by atomic mass is 9.84. The highest BCUT2D eigenvalue weighted by Crippen LogP contribution is 2.43. The Labute approximate surface area is 306 Å². The molecule has 5 heterocycles. The highest BCUT2D eigenvalue weighted by molar-refractivity contribution is 6.03. The van der Waals surface area contributed by atoms with Gasteiger partial charge in [0.25, 0.3) is 0 Å². The normalized spacial score (nSPS) is 15.5. The Kier molecular flexibility index (Phi) is 12.2. The van der Waals surface area contributed by atoms with E-state index in [0.29, 0.717) is 47.4 Å². The molecule has 2 amide bonds. The molecular weight excluding hydrogens is 652 g/mol. The molecule has 3 aromatic rings. The number of H-pyrrole nitrogens is 2. The molecule has 2 aliphatic heterocycles. The molecule has 10 heteroatoms. The van der Waals surface area contributed by atoms with Crippen LogP contribution in [0.5, 0.6) is 0 Å². The SMILES string of the molecule is C=Cc1c(C)c2cc3nc(c(CC(=O)NCCCC)c4[nH]c(cc5nc(cc1[nH]2)C(C)=C5CC)c(C)c4C(=O)O)C(CCC(=O)NCCCC)C3C. The molecular formula is C42H54N6O4. The van der Waals surface area contributed by atoms with Gasteiger partial charge in [0.1, 0.15) is 0 Å². The Balaban J connectivity index is 1.89. The van der Waals surface area contributed by atoms with E-state index in [2.05, 4.69) is 74.8 Å². The summed E-state index contributed by atoms with van der Waals surface area (Å²) in [4.78, 5) is 57.1. The number of fused-ring (bicyclic) bond motifs is 8. The molecule has 2 atom stereocenters. The first-order chi connectivity index (χ1) is 24.9. The lowest BCUT2D eigenvalue weighted by Gasteiger charge is -2.18. The van der Waals surface area contributed by atoms with Gasteiger partial charge in [-0.2, -0.15) is 0 Å². The van der Waals surface area contributed by atoms with Gasteiger partial charge in [-0.1, -0.05) is 53.2 Å². The number of amides is 2. The number of carbonyl (C=O) groups excluding carboxylic acids is 2. The van der Waals surface area contributed by atoms with E-state index in [1.165, 1.54) is 0 Å². The number of aryl methyl sites for hydroxylation is 2. The van der Waals surface area contributed by atoms with Gasteiger partial charge in [-0.25, -0.2) is 9.78 Å². The average molecular weight is 707 g/mol. The third-order valence-corrected chi connectivity index (χ3v) is 10.7. The zero-order valence-corrected chi connectivity index (χ0v) is 31.8. The van der Waals surface area contributed by atoms with Crippen molar-refractivity contribution < 1.29 is 19.5 Å². The Bertz CT molecular complexity index is 2080. The van der Waals surface area contributed by atoms with Crippen LogP contribution in [0, 0.1) is 13.8 Å². The molecule has 2 aliphatic rings. The number of rotatable bonds is 14. The quantitative estimate of drug-likeness (QED) is 0.106. The first-order valence-electron chi connectivity index (χ1n) is 18.8. The number of aromatic nitrogens is 4. The summed E-state index contributed by atoms with van der Waals surface area (Å²) in [6, 6.07) is 6.01. The molecule has 0 spiro atoms. The molecule has 8 bridgehead atoms. The van der Waals surface area contributed by atoms with Gasteiger partial charge in [0.05, 0.1) is 34.6 Å². The van der Waals surface area contributed by atoms with Gasteiger partial charge in [0, 0.05) is 64.7 Å². The third kappa shape index (κ3) is 7.76.